The summed E-state index contributed by atoms with van der Waals surface area (Å²) in [5.74, 6) is 0.933. The molecule has 4 rings (SSSR count). The van der Waals surface area contributed by atoms with Gasteiger partial charge in [-0.3, -0.25) is 9.78 Å². The first-order chi connectivity index (χ1) is 16.3. The van der Waals surface area contributed by atoms with E-state index in [0.29, 0.717) is 13.0 Å². The van der Waals surface area contributed by atoms with Crippen molar-refractivity contribution in [2.45, 2.75) is 24.1 Å². The van der Waals surface area contributed by atoms with Crippen LogP contribution >= 0.6 is 11.8 Å². The monoisotopic (exact) mass is 452 g/mol. The van der Waals surface area contributed by atoms with Gasteiger partial charge in [-0.1, -0.05) is 97.1 Å². The van der Waals surface area contributed by atoms with Gasteiger partial charge >= 0.3 is 0 Å². The van der Waals surface area contributed by atoms with Gasteiger partial charge in [0.1, 0.15) is 0 Å². The molecule has 1 amide bonds. The van der Waals surface area contributed by atoms with E-state index in [0.717, 1.165) is 17.7 Å². The van der Waals surface area contributed by atoms with Gasteiger partial charge in [0.15, 0.2) is 0 Å². The Hall–Kier alpha value is -3.37. The first kappa shape index (κ1) is 22.8. The molecule has 0 aliphatic carbocycles. The molecule has 1 aromatic heterocycles. The van der Waals surface area contributed by atoms with Crippen molar-refractivity contribution in [2.24, 2.45) is 0 Å². The summed E-state index contributed by atoms with van der Waals surface area (Å²) in [7, 11) is 0. The molecule has 0 bridgehead atoms. The van der Waals surface area contributed by atoms with Gasteiger partial charge in [-0.2, -0.15) is 0 Å². The second-order valence-electron chi connectivity index (χ2n) is 7.87. The molecule has 0 radical (unpaired) electrons. The van der Waals surface area contributed by atoms with Crippen LogP contribution in [0.15, 0.2) is 116 Å². The fourth-order valence-electron chi connectivity index (χ4n) is 4.02. The highest BCUT2D eigenvalue weighted by Crippen LogP contribution is 2.48. The largest absolute Gasteiger partial charge is 0.352 e. The zero-order chi connectivity index (χ0) is 22.8. The number of hydrogen-bond donors (Lipinski definition) is 1. The molecule has 4 aromatic rings. The molecular formula is C29H28N2OS. The van der Waals surface area contributed by atoms with Crippen LogP contribution in [0.3, 0.4) is 0 Å². The molecule has 0 saturated heterocycles. The number of aromatic nitrogens is 1. The van der Waals surface area contributed by atoms with Crippen molar-refractivity contribution in [2.75, 3.05) is 5.75 Å². The lowest BCUT2D eigenvalue weighted by Gasteiger charge is -2.35. The molecule has 0 aliphatic heterocycles. The number of thioether (sulfide) groups is 1. The zero-order valence-electron chi connectivity index (χ0n) is 18.6. The van der Waals surface area contributed by atoms with Crippen LogP contribution < -0.4 is 5.32 Å². The number of carbonyl (C=O) groups excluding carboxylic acids is 1. The quantitative estimate of drug-likeness (QED) is 0.230. The predicted octanol–water partition coefficient (Wildman–Crippen LogP) is 6.20. The van der Waals surface area contributed by atoms with Crippen molar-refractivity contribution < 1.29 is 4.79 Å². The van der Waals surface area contributed by atoms with Gasteiger partial charge in [0.2, 0.25) is 5.91 Å². The molecule has 4 heteroatoms. The Morgan fingerprint density at radius 3 is 1.79 bits per heavy atom. The van der Waals surface area contributed by atoms with Crippen LogP contribution in [0, 0.1) is 0 Å². The Balaban J connectivity index is 1.50. The van der Waals surface area contributed by atoms with Gasteiger partial charge in [-0.25, -0.2) is 0 Å². The van der Waals surface area contributed by atoms with Crippen molar-refractivity contribution in [3.05, 3.63) is 138 Å². The number of nitrogens with zero attached hydrogens (tertiary/aromatic N) is 1. The summed E-state index contributed by atoms with van der Waals surface area (Å²) in [6.07, 6.45) is 4.82. The average Bonchev–Trinajstić information content (AvgIpc) is 2.90. The minimum absolute atomic E-state index is 0.0733. The van der Waals surface area contributed by atoms with Gasteiger partial charge in [0, 0.05) is 25.4 Å². The number of rotatable bonds is 10. The highest BCUT2D eigenvalue weighted by molar-refractivity contribution is 8.00. The highest BCUT2D eigenvalue weighted by Gasteiger charge is 2.36. The molecular weight excluding hydrogens is 424 g/mol. The van der Waals surface area contributed by atoms with E-state index in [9.17, 15) is 4.79 Å². The molecule has 0 fully saturated rings. The molecule has 0 aliphatic rings. The molecule has 3 nitrogen and oxygen atoms in total. The van der Waals surface area contributed by atoms with Crippen molar-refractivity contribution in [3.8, 4) is 0 Å². The lowest BCUT2D eigenvalue weighted by atomic mass is 9.84. The molecule has 0 atom stereocenters. The molecule has 0 spiro atoms. The lowest BCUT2D eigenvalue weighted by Crippen LogP contribution is -2.26. The van der Waals surface area contributed by atoms with Crippen molar-refractivity contribution in [1.29, 1.82) is 0 Å². The molecule has 0 unspecified atom stereocenters. The minimum Gasteiger partial charge on any atom is -0.352 e. The molecule has 166 valence electrons. The maximum Gasteiger partial charge on any atom is 0.220 e. The highest BCUT2D eigenvalue weighted by atomic mass is 32.2. The minimum atomic E-state index is -0.337. The van der Waals surface area contributed by atoms with Crippen molar-refractivity contribution in [1.82, 2.24) is 10.3 Å². The third-order valence-corrected chi connectivity index (χ3v) is 7.25. The number of carbonyl (C=O) groups is 1. The summed E-state index contributed by atoms with van der Waals surface area (Å²) in [5.41, 5.74) is 4.74. The third-order valence-electron chi connectivity index (χ3n) is 5.62. The smallest absolute Gasteiger partial charge is 0.220 e. The van der Waals surface area contributed by atoms with Crippen LogP contribution in [-0.4, -0.2) is 16.6 Å². The Bertz CT molecular complexity index is 1020. The second kappa shape index (κ2) is 11.5. The number of amides is 1. The van der Waals surface area contributed by atoms with E-state index in [1.54, 1.807) is 12.4 Å². The van der Waals surface area contributed by atoms with E-state index in [2.05, 4.69) is 101 Å². The standard InChI is InChI=1S/C29H28N2OS/c32-28(31-23-24-12-10-20-30-22-24)19-11-21-33-29(25-13-4-1-5-14-25,26-15-6-2-7-16-26)27-17-8-3-9-18-27/h1-10,12-18,20,22H,11,19,21,23H2,(H,31,32). The fraction of sp³-hybridized carbons (Fsp3) is 0.172. The Morgan fingerprint density at radius 2 is 1.30 bits per heavy atom. The first-order valence-corrected chi connectivity index (χ1v) is 12.2. The van der Waals surface area contributed by atoms with Gasteiger partial charge in [0.05, 0.1) is 4.75 Å². The van der Waals surface area contributed by atoms with Crippen molar-refractivity contribution in [3.63, 3.8) is 0 Å². The van der Waals surface area contributed by atoms with Gasteiger partial charge < -0.3 is 5.32 Å². The number of pyridine rings is 1. The maximum atomic E-state index is 12.4. The maximum absolute atomic E-state index is 12.4. The first-order valence-electron chi connectivity index (χ1n) is 11.3. The van der Waals surface area contributed by atoms with Crippen LogP contribution in [0.25, 0.3) is 0 Å². The molecule has 1 N–H and O–H groups in total. The van der Waals surface area contributed by atoms with E-state index in [1.807, 2.05) is 23.9 Å². The zero-order valence-corrected chi connectivity index (χ0v) is 19.4. The molecule has 33 heavy (non-hydrogen) atoms. The Morgan fingerprint density at radius 1 is 0.758 bits per heavy atom. The lowest BCUT2D eigenvalue weighted by molar-refractivity contribution is -0.121. The predicted molar refractivity (Wildman–Crippen MR) is 137 cm³/mol. The fourth-order valence-corrected chi connectivity index (χ4v) is 5.52. The summed E-state index contributed by atoms with van der Waals surface area (Å²) in [5, 5.41) is 3.00. The Kier molecular flexibility index (Phi) is 7.94. The van der Waals surface area contributed by atoms with Crippen molar-refractivity contribution >= 4 is 17.7 Å². The average molecular weight is 453 g/mol. The number of nitrogens with one attached hydrogen (secondary N) is 1. The van der Waals surface area contributed by atoms with Gasteiger partial charge in [0.25, 0.3) is 0 Å². The van der Waals surface area contributed by atoms with Crippen LogP contribution in [0.1, 0.15) is 35.1 Å². The summed E-state index contributed by atoms with van der Waals surface area (Å²) in [6.45, 7) is 0.516. The summed E-state index contributed by atoms with van der Waals surface area (Å²) >= 11 is 1.89. The van der Waals surface area contributed by atoms with E-state index >= 15 is 0 Å². The number of benzene rings is 3. The molecule has 0 saturated carbocycles. The van der Waals surface area contributed by atoms with Gasteiger partial charge in [-0.15, -0.1) is 11.8 Å². The van der Waals surface area contributed by atoms with Crippen LogP contribution in [0.4, 0.5) is 0 Å². The van der Waals surface area contributed by atoms with E-state index in [-0.39, 0.29) is 10.7 Å². The van der Waals surface area contributed by atoms with E-state index < -0.39 is 0 Å². The summed E-state index contributed by atoms with van der Waals surface area (Å²) in [4.78, 5) is 16.5. The van der Waals surface area contributed by atoms with Crippen LogP contribution in [0.5, 0.6) is 0 Å². The van der Waals surface area contributed by atoms with Crippen LogP contribution in [0.2, 0.25) is 0 Å². The van der Waals surface area contributed by atoms with E-state index in [4.69, 9.17) is 0 Å². The second-order valence-corrected chi connectivity index (χ2v) is 9.18. The topological polar surface area (TPSA) is 42.0 Å². The van der Waals surface area contributed by atoms with E-state index in [1.165, 1.54) is 16.7 Å². The third kappa shape index (κ3) is 5.71. The number of hydrogen-bond acceptors (Lipinski definition) is 3. The Labute approximate surface area is 200 Å². The normalized spacial score (nSPS) is 11.2. The summed E-state index contributed by atoms with van der Waals surface area (Å²) < 4.78 is -0.337. The van der Waals surface area contributed by atoms with Gasteiger partial charge in [-0.05, 0) is 40.5 Å². The van der Waals surface area contributed by atoms with Crippen LogP contribution in [-0.2, 0) is 16.1 Å². The molecule has 3 aromatic carbocycles. The molecule has 1 heterocycles. The summed E-state index contributed by atoms with van der Waals surface area (Å²) in [6, 6.07) is 35.8. The SMILES string of the molecule is O=C(CCCSC(c1ccccc1)(c1ccccc1)c1ccccc1)NCc1cccnc1.